The van der Waals surface area contributed by atoms with Crippen molar-refractivity contribution in [3.63, 3.8) is 0 Å². The van der Waals surface area contributed by atoms with Gasteiger partial charge < -0.3 is 4.90 Å². The van der Waals surface area contributed by atoms with Crippen molar-refractivity contribution in [3.8, 4) is 0 Å². The Labute approximate surface area is 313 Å². The van der Waals surface area contributed by atoms with E-state index in [1.54, 1.807) is 0 Å². The minimum atomic E-state index is -4.09. The Morgan fingerprint density at radius 3 is 2.08 bits per heavy atom. The molecule has 2 heterocycles. The Balaban J connectivity index is 1.52. The van der Waals surface area contributed by atoms with Crippen molar-refractivity contribution >= 4 is 47.5 Å². The highest BCUT2D eigenvalue weighted by Crippen LogP contribution is 2.48. The Kier molecular flexibility index (Phi) is 11.9. The van der Waals surface area contributed by atoms with Gasteiger partial charge in [0.1, 0.15) is 6.54 Å². The molecule has 2 aromatic rings. The number of nitrogens with two attached hydrogens (primary N) is 1. The smallest absolute Gasteiger partial charge is 0.311 e. The van der Waals surface area contributed by atoms with Crippen LogP contribution in [0.2, 0.25) is 0 Å². The summed E-state index contributed by atoms with van der Waals surface area (Å²) in [4.78, 5) is 4.02. The summed E-state index contributed by atoms with van der Waals surface area (Å²) in [5, 5.41) is 0. The molecule has 2 aliphatic heterocycles. The third kappa shape index (κ3) is 9.36. The summed E-state index contributed by atoms with van der Waals surface area (Å²) in [6.07, 6.45) is 10.6. The highest BCUT2D eigenvalue weighted by atomic mass is 32.2. The molecule has 0 atom stereocenters. The molecular weight excluding hydrogens is 739 g/mol. The van der Waals surface area contributed by atoms with Gasteiger partial charge >= 0.3 is 10.2 Å². The Hall–Kier alpha value is -3.64. The minimum absolute atomic E-state index is 0.297. The molecule has 6 N–H and O–H groups in total. The SMILES string of the molecule is CC1(C)C(/C=C/C2=C(NS(=O)(=O)NN)C(=C/C=C3/N(CCCCS(=O)(=O)O)c4ccccc4C3(C)C)/CC2)=[N+](CCCCS(=O)(=O)O)c2ccccc21. The molecule has 0 saturated heterocycles. The van der Waals surface area contributed by atoms with E-state index in [1.807, 2.05) is 65.5 Å². The third-order valence-electron chi connectivity index (χ3n) is 10.2. The molecule has 0 radical (unpaired) electrons. The van der Waals surface area contributed by atoms with Crippen LogP contribution in [0.4, 0.5) is 11.4 Å². The molecule has 3 aliphatic rings. The van der Waals surface area contributed by atoms with Gasteiger partial charge in [0.05, 0.1) is 22.6 Å². The quantitative estimate of drug-likeness (QED) is 0.0512. The van der Waals surface area contributed by atoms with Crippen molar-refractivity contribution in [2.75, 3.05) is 29.5 Å². The molecule has 0 fully saturated rings. The van der Waals surface area contributed by atoms with Crippen molar-refractivity contribution in [1.82, 2.24) is 9.55 Å². The third-order valence-corrected chi connectivity index (χ3v) is 12.6. The molecule has 0 saturated carbocycles. The number of nitrogens with zero attached hydrogens (tertiary/aromatic N) is 2. The number of benzene rings is 2. The average Bonchev–Trinajstić information content (AvgIpc) is 3.62. The first-order valence-electron chi connectivity index (χ1n) is 17.6. The van der Waals surface area contributed by atoms with Gasteiger partial charge in [-0.05, 0) is 74.8 Å². The fourth-order valence-electron chi connectivity index (χ4n) is 7.59. The van der Waals surface area contributed by atoms with Gasteiger partial charge in [0.15, 0.2) is 5.71 Å². The van der Waals surface area contributed by atoms with Crippen LogP contribution in [0.1, 0.15) is 77.3 Å². The summed E-state index contributed by atoms with van der Waals surface area (Å²) < 4.78 is 94.3. The maximum Gasteiger partial charge on any atom is 0.311 e. The van der Waals surface area contributed by atoms with E-state index in [-0.39, 0.29) is 11.5 Å². The predicted molar refractivity (Wildman–Crippen MR) is 208 cm³/mol. The van der Waals surface area contributed by atoms with E-state index in [1.165, 1.54) is 0 Å². The largest absolute Gasteiger partial charge is 0.344 e. The van der Waals surface area contributed by atoms with Crippen molar-refractivity contribution in [1.29, 1.82) is 0 Å². The van der Waals surface area contributed by atoms with Gasteiger partial charge in [0, 0.05) is 47.5 Å². The Morgan fingerprint density at radius 2 is 1.42 bits per heavy atom. The van der Waals surface area contributed by atoms with Crippen LogP contribution in [0.3, 0.4) is 0 Å². The highest BCUT2D eigenvalue weighted by Gasteiger charge is 2.44. The van der Waals surface area contributed by atoms with Gasteiger partial charge in [0.2, 0.25) is 5.69 Å². The van der Waals surface area contributed by atoms with Crippen LogP contribution in [0, 0.1) is 0 Å². The summed E-state index contributed by atoms with van der Waals surface area (Å²) in [6, 6.07) is 16.0. The zero-order chi connectivity index (χ0) is 38.8. The molecule has 2 aromatic carbocycles. The number of hydrogen-bond donors (Lipinski definition) is 5. The van der Waals surface area contributed by atoms with Crippen molar-refractivity contribution in [3.05, 3.63) is 107 Å². The number of nitrogens with one attached hydrogen (secondary N) is 2. The first kappa shape index (κ1) is 40.5. The number of hydrogen-bond acceptors (Lipinski definition) is 8. The van der Waals surface area contributed by atoms with Gasteiger partial charge in [-0.3, -0.25) is 19.7 Å². The van der Waals surface area contributed by atoms with Crippen LogP contribution in [0.5, 0.6) is 0 Å². The van der Waals surface area contributed by atoms with Gasteiger partial charge in [-0.15, -0.1) is 4.83 Å². The average molecular weight is 789 g/mol. The molecule has 53 heavy (non-hydrogen) atoms. The van der Waals surface area contributed by atoms with Gasteiger partial charge in [0.25, 0.3) is 20.2 Å². The normalized spacial score (nSPS) is 19.9. The van der Waals surface area contributed by atoms with Crippen LogP contribution >= 0.6 is 0 Å². The van der Waals surface area contributed by atoms with Crippen molar-refractivity contribution in [2.45, 2.75) is 77.0 Å². The number of unbranched alkanes of at least 4 members (excludes halogenated alkanes) is 2. The van der Waals surface area contributed by atoms with Crippen LogP contribution in [0.25, 0.3) is 0 Å². The standard InChI is InChI=1S/C37H49N5O8S3/c1-36(2)29-13-5-7-15-31(29)41(23-9-11-25-51(43,44)45)33(36)21-19-27-17-18-28(35(27)39-53(49,50)40-38)20-22-34-37(3,4)30-14-6-8-16-32(30)42(34)24-10-12-26-52(46,47)48/h5-8,13-16,19-22,40H,9-12,17-18,23-26,38H2,1-4H3,(H2,43,44,45,46,47,48)/p+1/b27-19+,33-21+. The molecule has 0 amide bonds. The van der Waals surface area contributed by atoms with Gasteiger partial charge in [-0.1, -0.05) is 62.4 Å². The van der Waals surface area contributed by atoms with Gasteiger partial charge in [-0.2, -0.15) is 29.8 Å². The minimum Gasteiger partial charge on any atom is -0.344 e. The Morgan fingerprint density at radius 1 is 0.792 bits per heavy atom. The molecule has 0 unspecified atom stereocenters. The van der Waals surface area contributed by atoms with Crippen LogP contribution in [-0.2, 0) is 41.3 Å². The van der Waals surface area contributed by atoms with Crippen LogP contribution in [0.15, 0.2) is 95.4 Å². The lowest BCUT2D eigenvalue weighted by Crippen LogP contribution is -2.40. The molecule has 0 aromatic heterocycles. The molecule has 16 heteroatoms. The lowest BCUT2D eigenvalue weighted by molar-refractivity contribution is -0.438. The predicted octanol–water partition coefficient (Wildman–Crippen LogP) is 4.91. The molecule has 288 valence electrons. The molecule has 5 rings (SSSR count). The second-order valence-corrected chi connectivity index (χ2v) is 19.3. The number of anilines is 1. The Bertz CT molecular complexity index is 2240. The molecule has 0 spiro atoms. The van der Waals surface area contributed by atoms with E-state index in [0.29, 0.717) is 57.3 Å². The number of hydrazine groups is 1. The van der Waals surface area contributed by atoms with E-state index in [9.17, 15) is 34.4 Å². The van der Waals surface area contributed by atoms with E-state index in [2.05, 4.69) is 54.0 Å². The summed E-state index contributed by atoms with van der Waals surface area (Å²) >= 11 is 0. The maximum absolute atomic E-state index is 12.8. The second-order valence-electron chi connectivity index (χ2n) is 14.7. The lowest BCUT2D eigenvalue weighted by atomic mass is 9.81. The highest BCUT2D eigenvalue weighted by molar-refractivity contribution is 7.87. The van der Waals surface area contributed by atoms with E-state index >= 15 is 0 Å². The lowest BCUT2D eigenvalue weighted by Gasteiger charge is -2.27. The van der Waals surface area contributed by atoms with Crippen LogP contribution in [-0.4, -0.2) is 69.2 Å². The molecule has 13 nitrogen and oxygen atoms in total. The molecular formula is C37H50N5O8S3+. The maximum atomic E-state index is 12.8. The van der Waals surface area contributed by atoms with Gasteiger partial charge in [-0.25, -0.2) is 0 Å². The fourth-order valence-corrected chi connectivity index (χ4v) is 9.31. The second kappa shape index (κ2) is 15.6. The number of allylic oxidation sites excluding steroid dienone is 7. The number of fused-ring (bicyclic) bond motifs is 2. The first-order chi connectivity index (χ1) is 24.7. The topological polar surface area (TPSA) is 199 Å². The van der Waals surface area contributed by atoms with Crippen molar-refractivity contribution in [2.24, 2.45) is 5.84 Å². The fraction of sp³-hybridized carbons (Fsp3) is 0.432. The van der Waals surface area contributed by atoms with E-state index < -0.39 is 41.3 Å². The van der Waals surface area contributed by atoms with E-state index in [4.69, 9.17) is 5.84 Å². The molecule has 1 aliphatic carbocycles. The van der Waals surface area contributed by atoms with Crippen LogP contribution < -0.4 is 20.3 Å². The zero-order valence-electron chi connectivity index (χ0n) is 30.5. The zero-order valence-corrected chi connectivity index (χ0v) is 33.0. The summed E-state index contributed by atoms with van der Waals surface area (Å²) in [6.45, 7) is 9.50. The monoisotopic (exact) mass is 788 g/mol. The summed E-state index contributed by atoms with van der Waals surface area (Å²) in [7, 11) is -12.2. The number of rotatable bonds is 16. The first-order valence-corrected chi connectivity index (χ1v) is 22.3. The summed E-state index contributed by atoms with van der Waals surface area (Å²) in [5.41, 5.74) is 7.27. The van der Waals surface area contributed by atoms with E-state index in [0.717, 1.165) is 45.1 Å². The molecule has 0 bridgehead atoms. The number of para-hydroxylation sites is 2. The van der Waals surface area contributed by atoms with Crippen molar-refractivity contribution < 1.29 is 38.9 Å². The summed E-state index contributed by atoms with van der Waals surface area (Å²) in [5.74, 6) is 4.77.